The van der Waals surface area contributed by atoms with Gasteiger partial charge < -0.3 is 14.2 Å². The summed E-state index contributed by atoms with van der Waals surface area (Å²) < 4.78 is 15.8. The number of methoxy groups -OCH3 is 1. The van der Waals surface area contributed by atoms with E-state index < -0.39 is 5.91 Å². The topological polar surface area (TPSA) is 85.9 Å². The molecule has 2 rings (SSSR count). The average molecular weight is 358 g/mol. The molecular formula is C19H22N2O5. The Balaban J connectivity index is 1.69. The van der Waals surface area contributed by atoms with E-state index >= 15 is 0 Å². The number of rotatable bonds is 8. The molecule has 2 aromatic carbocycles. The lowest BCUT2D eigenvalue weighted by atomic mass is 10.2. The van der Waals surface area contributed by atoms with Crippen molar-refractivity contribution in [2.24, 2.45) is 0 Å². The number of carbonyl (C=O) groups excluding carboxylic acids is 2. The minimum absolute atomic E-state index is 0.107. The highest BCUT2D eigenvalue weighted by Crippen LogP contribution is 2.17. The fourth-order valence-electron chi connectivity index (χ4n) is 2.06. The van der Waals surface area contributed by atoms with E-state index in [4.69, 9.17) is 14.2 Å². The number of hydrogen-bond acceptors (Lipinski definition) is 5. The van der Waals surface area contributed by atoms with Crippen molar-refractivity contribution in [3.8, 4) is 17.2 Å². The van der Waals surface area contributed by atoms with E-state index in [1.54, 1.807) is 55.6 Å². The van der Waals surface area contributed by atoms with Crippen molar-refractivity contribution in [1.29, 1.82) is 0 Å². The number of hydrogen-bond donors (Lipinski definition) is 2. The molecule has 0 heterocycles. The summed E-state index contributed by atoms with van der Waals surface area (Å²) in [4.78, 5) is 23.7. The zero-order chi connectivity index (χ0) is 18.8. The first-order valence-electron chi connectivity index (χ1n) is 8.21. The maximum absolute atomic E-state index is 12.0. The van der Waals surface area contributed by atoms with Crippen LogP contribution in [0.5, 0.6) is 17.2 Å². The first kappa shape index (κ1) is 19.1. The van der Waals surface area contributed by atoms with Crippen LogP contribution < -0.4 is 25.1 Å². The van der Waals surface area contributed by atoms with Gasteiger partial charge in [0.1, 0.15) is 17.2 Å². The van der Waals surface area contributed by atoms with Crippen LogP contribution in [0.1, 0.15) is 23.7 Å². The van der Waals surface area contributed by atoms with E-state index in [-0.39, 0.29) is 18.9 Å². The van der Waals surface area contributed by atoms with Gasteiger partial charge in [0.25, 0.3) is 5.91 Å². The van der Waals surface area contributed by atoms with Gasteiger partial charge in [-0.2, -0.15) is 0 Å². The van der Waals surface area contributed by atoms with E-state index in [1.807, 2.05) is 6.92 Å². The van der Waals surface area contributed by atoms with Crippen molar-refractivity contribution in [2.75, 3.05) is 20.3 Å². The number of amides is 2. The van der Waals surface area contributed by atoms with Gasteiger partial charge in [-0.3, -0.25) is 20.4 Å². The Morgan fingerprint density at radius 2 is 1.42 bits per heavy atom. The molecule has 2 amide bonds. The molecule has 0 unspecified atom stereocenters. The summed E-state index contributed by atoms with van der Waals surface area (Å²) in [6.45, 7) is 2.63. The highest BCUT2D eigenvalue weighted by atomic mass is 16.5. The zero-order valence-electron chi connectivity index (χ0n) is 14.8. The molecule has 26 heavy (non-hydrogen) atoms. The van der Waals surface area contributed by atoms with E-state index in [0.717, 1.165) is 5.75 Å². The molecule has 2 aromatic rings. The van der Waals surface area contributed by atoms with Crippen LogP contribution in [0.4, 0.5) is 0 Å². The van der Waals surface area contributed by atoms with Crippen molar-refractivity contribution in [2.45, 2.75) is 13.3 Å². The first-order valence-corrected chi connectivity index (χ1v) is 8.21. The van der Waals surface area contributed by atoms with Crippen LogP contribution >= 0.6 is 0 Å². The summed E-state index contributed by atoms with van der Waals surface area (Å²) in [5.41, 5.74) is 5.14. The van der Waals surface area contributed by atoms with E-state index in [0.29, 0.717) is 23.7 Å². The van der Waals surface area contributed by atoms with Gasteiger partial charge in [-0.05, 0) is 55.5 Å². The van der Waals surface area contributed by atoms with Gasteiger partial charge in [0.2, 0.25) is 5.91 Å². The number of hydrazine groups is 1. The van der Waals surface area contributed by atoms with E-state index in [2.05, 4.69) is 10.9 Å². The second-order valence-corrected chi connectivity index (χ2v) is 5.23. The van der Waals surface area contributed by atoms with Crippen LogP contribution in [0.3, 0.4) is 0 Å². The maximum atomic E-state index is 12.0. The van der Waals surface area contributed by atoms with Gasteiger partial charge >= 0.3 is 0 Å². The lowest BCUT2D eigenvalue weighted by Crippen LogP contribution is -2.42. The molecular weight excluding hydrogens is 336 g/mol. The van der Waals surface area contributed by atoms with Gasteiger partial charge in [-0.15, -0.1) is 0 Å². The second-order valence-electron chi connectivity index (χ2n) is 5.23. The van der Waals surface area contributed by atoms with Crippen LogP contribution in [0.2, 0.25) is 0 Å². The molecule has 7 heteroatoms. The first-order chi connectivity index (χ1) is 12.6. The maximum Gasteiger partial charge on any atom is 0.269 e. The normalized spacial score (nSPS) is 9.92. The standard InChI is InChI=1S/C19H22N2O5/c1-3-25-16-6-4-14(5-7-16)19(23)21-20-18(22)12-13-26-17-10-8-15(24-2)9-11-17/h4-11H,3,12-13H2,1-2H3,(H,20,22)(H,21,23). The smallest absolute Gasteiger partial charge is 0.269 e. The summed E-state index contributed by atoms with van der Waals surface area (Å²) >= 11 is 0. The average Bonchev–Trinajstić information content (AvgIpc) is 2.67. The van der Waals surface area contributed by atoms with Crippen molar-refractivity contribution < 1.29 is 23.8 Å². The molecule has 0 aliphatic rings. The second kappa shape index (κ2) is 9.93. The highest BCUT2D eigenvalue weighted by molar-refractivity contribution is 5.95. The summed E-state index contributed by atoms with van der Waals surface area (Å²) in [7, 11) is 1.59. The largest absolute Gasteiger partial charge is 0.497 e. The Kier molecular flexibility index (Phi) is 7.30. The third-order valence-corrected chi connectivity index (χ3v) is 3.40. The number of nitrogens with one attached hydrogen (secondary N) is 2. The van der Waals surface area contributed by atoms with E-state index in [9.17, 15) is 9.59 Å². The molecule has 0 radical (unpaired) electrons. The third-order valence-electron chi connectivity index (χ3n) is 3.40. The van der Waals surface area contributed by atoms with Crippen molar-refractivity contribution in [3.63, 3.8) is 0 Å². The number of benzene rings is 2. The predicted octanol–water partition coefficient (Wildman–Crippen LogP) is 2.32. The number of carbonyl (C=O) groups is 2. The Bertz CT molecular complexity index is 714. The molecule has 0 fully saturated rings. The molecule has 0 aromatic heterocycles. The summed E-state index contributed by atoms with van der Waals surface area (Å²) in [6.07, 6.45) is 0.107. The van der Waals surface area contributed by atoms with Crippen LogP contribution in [-0.2, 0) is 4.79 Å². The zero-order valence-corrected chi connectivity index (χ0v) is 14.8. The van der Waals surface area contributed by atoms with Crippen molar-refractivity contribution in [1.82, 2.24) is 10.9 Å². The van der Waals surface area contributed by atoms with Crippen molar-refractivity contribution >= 4 is 11.8 Å². The van der Waals surface area contributed by atoms with Gasteiger partial charge in [0, 0.05) is 5.56 Å². The van der Waals surface area contributed by atoms with Gasteiger partial charge in [0.15, 0.2) is 0 Å². The molecule has 0 aliphatic carbocycles. The molecule has 0 aliphatic heterocycles. The Labute approximate surface area is 152 Å². The van der Waals surface area contributed by atoms with Gasteiger partial charge in [-0.25, -0.2) is 0 Å². The van der Waals surface area contributed by atoms with Crippen LogP contribution in [-0.4, -0.2) is 32.1 Å². The molecule has 138 valence electrons. The molecule has 2 N–H and O–H groups in total. The number of ether oxygens (including phenoxy) is 3. The van der Waals surface area contributed by atoms with Gasteiger partial charge in [-0.1, -0.05) is 0 Å². The van der Waals surface area contributed by atoms with Crippen LogP contribution in [0, 0.1) is 0 Å². The molecule has 0 saturated heterocycles. The predicted molar refractivity (Wildman–Crippen MR) is 96.3 cm³/mol. The van der Waals surface area contributed by atoms with Crippen LogP contribution in [0.15, 0.2) is 48.5 Å². The summed E-state index contributed by atoms with van der Waals surface area (Å²) in [5, 5.41) is 0. The molecule has 0 bridgehead atoms. The summed E-state index contributed by atoms with van der Waals surface area (Å²) in [5.74, 6) is 1.29. The molecule has 0 spiro atoms. The Morgan fingerprint density at radius 3 is 2.04 bits per heavy atom. The SMILES string of the molecule is CCOc1ccc(C(=O)NNC(=O)CCOc2ccc(OC)cc2)cc1. The Morgan fingerprint density at radius 1 is 0.846 bits per heavy atom. The van der Waals surface area contributed by atoms with Gasteiger partial charge in [0.05, 0.1) is 26.7 Å². The minimum Gasteiger partial charge on any atom is -0.497 e. The lowest BCUT2D eigenvalue weighted by Gasteiger charge is -2.09. The minimum atomic E-state index is -0.405. The van der Waals surface area contributed by atoms with E-state index in [1.165, 1.54) is 0 Å². The monoisotopic (exact) mass is 358 g/mol. The molecule has 0 atom stereocenters. The fourth-order valence-corrected chi connectivity index (χ4v) is 2.06. The molecule has 7 nitrogen and oxygen atoms in total. The quantitative estimate of drug-likeness (QED) is 0.708. The van der Waals surface area contributed by atoms with Crippen LogP contribution in [0.25, 0.3) is 0 Å². The Hall–Kier alpha value is -3.22. The third kappa shape index (κ3) is 6.01. The lowest BCUT2D eigenvalue weighted by molar-refractivity contribution is -0.122. The molecule has 0 saturated carbocycles. The fraction of sp³-hybridized carbons (Fsp3) is 0.263. The highest BCUT2D eigenvalue weighted by Gasteiger charge is 2.08. The van der Waals surface area contributed by atoms with Crippen molar-refractivity contribution in [3.05, 3.63) is 54.1 Å². The summed E-state index contributed by atoms with van der Waals surface area (Å²) in [6, 6.07) is 13.7.